The Hall–Kier alpha value is -2.08. The molecule has 1 rings (SSSR count). The molecule has 0 bridgehead atoms. The van der Waals surface area contributed by atoms with Gasteiger partial charge in [-0.1, -0.05) is 0 Å². The van der Waals surface area contributed by atoms with Gasteiger partial charge in [-0.2, -0.15) is 0 Å². The van der Waals surface area contributed by atoms with Gasteiger partial charge in [-0.15, -0.1) is 0 Å². The Morgan fingerprint density at radius 1 is 1.13 bits per heavy atom. The van der Waals surface area contributed by atoms with Crippen molar-refractivity contribution in [1.82, 2.24) is 10.2 Å². The molecule has 1 aromatic rings. The lowest BCUT2D eigenvalue weighted by molar-refractivity contribution is -0.121. The van der Waals surface area contributed by atoms with Gasteiger partial charge in [-0.25, -0.2) is 0 Å². The fourth-order valence-electron chi connectivity index (χ4n) is 2.08. The minimum Gasteiger partial charge on any atom is -0.494 e. The summed E-state index contributed by atoms with van der Waals surface area (Å²) >= 11 is 0. The van der Waals surface area contributed by atoms with Crippen molar-refractivity contribution in [3.05, 3.63) is 24.3 Å². The molecule has 0 aliphatic carbocycles. The average molecular weight is 321 g/mol. The van der Waals surface area contributed by atoms with Gasteiger partial charge in [0.25, 0.3) is 0 Å². The molecule has 6 heteroatoms. The zero-order chi connectivity index (χ0) is 17.2. The molecule has 0 fully saturated rings. The minimum absolute atomic E-state index is 0.0518. The van der Waals surface area contributed by atoms with Crippen LogP contribution in [0.2, 0.25) is 0 Å². The Morgan fingerprint density at radius 3 is 2.30 bits per heavy atom. The molecule has 0 unspecified atom stereocenters. The first-order chi connectivity index (χ1) is 10.9. The number of hydrogen-bond acceptors (Lipinski definition) is 4. The van der Waals surface area contributed by atoms with Crippen LogP contribution in [0.15, 0.2) is 24.3 Å². The standard InChI is InChI=1S/C17H27N3O3/c1-5-23-16-8-6-15(7-9-16)20(14(2)21)12-10-17(22)18-11-13-19(3)4/h6-9H,5,10-13H2,1-4H3,(H,18,22). The second kappa shape index (κ2) is 9.84. The predicted octanol–water partition coefficient (Wildman–Crippen LogP) is 1.51. The SMILES string of the molecule is CCOc1ccc(N(CCC(=O)NCCN(C)C)C(C)=O)cc1. The van der Waals surface area contributed by atoms with Crippen LogP contribution in [-0.4, -0.2) is 57.1 Å². The molecule has 128 valence electrons. The third-order valence-corrected chi connectivity index (χ3v) is 3.28. The maximum absolute atomic E-state index is 11.8. The number of rotatable bonds is 9. The molecule has 6 nitrogen and oxygen atoms in total. The number of carbonyl (C=O) groups excluding carboxylic acids is 2. The van der Waals surface area contributed by atoms with Gasteiger partial charge in [0.1, 0.15) is 5.75 Å². The van der Waals surface area contributed by atoms with Gasteiger partial charge in [-0.3, -0.25) is 9.59 Å². The largest absolute Gasteiger partial charge is 0.494 e. The molecule has 1 aromatic carbocycles. The van der Waals surface area contributed by atoms with E-state index in [9.17, 15) is 9.59 Å². The third-order valence-electron chi connectivity index (χ3n) is 3.28. The highest BCUT2D eigenvalue weighted by atomic mass is 16.5. The highest BCUT2D eigenvalue weighted by Gasteiger charge is 2.13. The summed E-state index contributed by atoms with van der Waals surface area (Å²) in [5.74, 6) is 0.625. The summed E-state index contributed by atoms with van der Waals surface area (Å²) in [6.07, 6.45) is 0.278. The Labute approximate surface area is 138 Å². The first-order valence-corrected chi connectivity index (χ1v) is 7.86. The van der Waals surface area contributed by atoms with E-state index in [0.29, 0.717) is 19.7 Å². The van der Waals surface area contributed by atoms with Crippen LogP contribution < -0.4 is 15.0 Å². The number of carbonyl (C=O) groups is 2. The number of hydrogen-bond donors (Lipinski definition) is 1. The van der Waals surface area contributed by atoms with Gasteiger partial charge in [0, 0.05) is 38.7 Å². The monoisotopic (exact) mass is 321 g/mol. The Kier molecular flexibility index (Phi) is 8.11. The summed E-state index contributed by atoms with van der Waals surface area (Å²) in [4.78, 5) is 27.3. The van der Waals surface area contributed by atoms with Gasteiger partial charge in [0.2, 0.25) is 11.8 Å². The van der Waals surface area contributed by atoms with E-state index in [1.165, 1.54) is 6.92 Å². The van der Waals surface area contributed by atoms with Crippen LogP contribution >= 0.6 is 0 Å². The first-order valence-electron chi connectivity index (χ1n) is 7.86. The van der Waals surface area contributed by atoms with Crippen LogP contribution in [-0.2, 0) is 9.59 Å². The van der Waals surface area contributed by atoms with Crippen LogP contribution in [0, 0.1) is 0 Å². The zero-order valence-electron chi connectivity index (χ0n) is 14.5. The Bertz CT molecular complexity index is 500. The molecule has 0 spiro atoms. The van der Waals surface area contributed by atoms with E-state index in [1.807, 2.05) is 50.2 Å². The van der Waals surface area contributed by atoms with Gasteiger partial charge in [0.05, 0.1) is 6.61 Å². The third kappa shape index (κ3) is 7.15. The summed E-state index contributed by atoms with van der Waals surface area (Å²) in [6.45, 7) is 5.78. The highest BCUT2D eigenvalue weighted by Crippen LogP contribution is 2.20. The van der Waals surface area contributed by atoms with Crippen LogP contribution in [0.1, 0.15) is 20.3 Å². The molecule has 23 heavy (non-hydrogen) atoms. The van der Waals surface area contributed by atoms with Crippen molar-refractivity contribution in [2.75, 3.05) is 45.2 Å². The summed E-state index contributed by atoms with van der Waals surface area (Å²) < 4.78 is 5.39. The van der Waals surface area contributed by atoms with Gasteiger partial charge in [0.15, 0.2) is 0 Å². The Balaban J connectivity index is 2.55. The van der Waals surface area contributed by atoms with Crippen LogP contribution in [0.25, 0.3) is 0 Å². The second-order valence-electron chi connectivity index (χ2n) is 5.50. The summed E-state index contributed by atoms with van der Waals surface area (Å²) in [6, 6.07) is 7.31. The van der Waals surface area contributed by atoms with Crippen molar-refractivity contribution in [1.29, 1.82) is 0 Å². The number of likely N-dealkylation sites (N-methyl/N-ethyl adjacent to an activating group) is 1. The fraction of sp³-hybridized carbons (Fsp3) is 0.529. The lowest BCUT2D eigenvalue weighted by Crippen LogP contribution is -2.36. The molecular weight excluding hydrogens is 294 g/mol. The van der Waals surface area contributed by atoms with E-state index in [4.69, 9.17) is 4.74 Å². The van der Waals surface area contributed by atoms with Gasteiger partial charge < -0.3 is 19.9 Å². The summed E-state index contributed by atoms with van der Waals surface area (Å²) in [7, 11) is 3.91. The zero-order valence-corrected chi connectivity index (χ0v) is 14.5. The molecule has 0 saturated carbocycles. The summed E-state index contributed by atoms with van der Waals surface area (Å²) in [5, 5.41) is 2.85. The molecule has 0 aliphatic heterocycles. The molecular formula is C17H27N3O3. The normalized spacial score (nSPS) is 10.5. The van der Waals surface area contributed by atoms with Crippen LogP contribution in [0.4, 0.5) is 5.69 Å². The molecule has 0 saturated heterocycles. The number of ether oxygens (including phenoxy) is 1. The maximum Gasteiger partial charge on any atom is 0.223 e. The minimum atomic E-state index is -0.0877. The lowest BCUT2D eigenvalue weighted by Gasteiger charge is -2.21. The lowest BCUT2D eigenvalue weighted by atomic mass is 10.2. The van der Waals surface area contributed by atoms with Crippen molar-refractivity contribution in [2.45, 2.75) is 20.3 Å². The van der Waals surface area contributed by atoms with Crippen LogP contribution in [0.5, 0.6) is 5.75 Å². The average Bonchev–Trinajstić information content (AvgIpc) is 2.48. The van der Waals surface area contributed by atoms with Crippen molar-refractivity contribution in [2.24, 2.45) is 0 Å². The molecule has 2 amide bonds. The fourth-order valence-corrected chi connectivity index (χ4v) is 2.08. The van der Waals surface area contributed by atoms with E-state index in [-0.39, 0.29) is 18.2 Å². The molecule has 0 heterocycles. The predicted molar refractivity (Wildman–Crippen MR) is 91.8 cm³/mol. The molecule has 0 atom stereocenters. The Morgan fingerprint density at radius 2 is 1.78 bits per heavy atom. The van der Waals surface area contributed by atoms with Crippen LogP contribution in [0.3, 0.4) is 0 Å². The van der Waals surface area contributed by atoms with Crippen molar-refractivity contribution < 1.29 is 14.3 Å². The van der Waals surface area contributed by atoms with E-state index in [2.05, 4.69) is 5.32 Å². The number of nitrogens with zero attached hydrogens (tertiary/aromatic N) is 2. The molecule has 0 aliphatic rings. The van der Waals surface area contributed by atoms with Gasteiger partial charge >= 0.3 is 0 Å². The molecule has 1 N–H and O–H groups in total. The van der Waals surface area contributed by atoms with E-state index >= 15 is 0 Å². The quantitative estimate of drug-likeness (QED) is 0.749. The van der Waals surface area contributed by atoms with E-state index in [0.717, 1.165) is 18.0 Å². The number of amides is 2. The van der Waals surface area contributed by atoms with E-state index < -0.39 is 0 Å². The number of nitrogens with one attached hydrogen (secondary N) is 1. The maximum atomic E-state index is 11.8. The van der Waals surface area contributed by atoms with Gasteiger partial charge in [-0.05, 0) is 45.3 Å². The van der Waals surface area contributed by atoms with Crippen molar-refractivity contribution in [3.8, 4) is 5.75 Å². The molecule has 0 radical (unpaired) electrons. The van der Waals surface area contributed by atoms with E-state index in [1.54, 1.807) is 4.90 Å². The number of benzene rings is 1. The van der Waals surface area contributed by atoms with Crippen molar-refractivity contribution in [3.63, 3.8) is 0 Å². The summed E-state index contributed by atoms with van der Waals surface area (Å²) in [5.41, 5.74) is 0.766. The molecule has 0 aromatic heterocycles. The first kappa shape index (κ1) is 19.0. The smallest absolute Gasteiger partial charge is 0.223 e. The highest BCUT2D eigenvalue weighted by molar-refractivity contribution is 5.92. The topological polar surface area (TPSA) is 61.9 Å². The number of anilines is 1. The van der Waals surface area contributed by atoms with Crippen molar-refractivity contribution >= 4 is 17.5 Å². The second-order valence-corrected chi connectivity index (χ2v) is 5.50.